The zero-order chi connectivity index (χ0) is 10.6. The summed E-state index contributed by atoms with van der Waals surface area (Å²) in [5, 5.41) is 1.69. The first-order chi connectivity index (χ1) is 6.67. The molecule has 0 heterocycles. The van der Waals surface area contributed by atoms with Crippen LogP contribution in [0.15, 0.2) is 18.2 Å². The molecule has 0 aromatic heterocycles. The van der Waals surface area contributed by atoms with Crippen LogP contribution >= 0.6 is 31.9 Å². The number of alkyl halides is 2. The van der Waals surface area contributed by atoms with Gasteiger partial charge in [-0.3, -0.25) is 0 Å². The van der Waals surface area contributed by atoms with Gasteiger partial charge in [-0.25, -0.2) is 8.78 Å². The molecule has 0 unspecified atom stereocenters. The third kappa shape index (κ3) is 3.31. The van der Waals surface area contributed by atoms with Gasteiger partial charge in [0, 0.05) is 10.7 Å². The molecule has 0 aliphatic heterocycles. The van der Waals surface area contributed by atoms with E-state index in [0.29, 0.717) is 5.92 Å². The monoisotopic (exact) mass is 326 g/mol. The lowest BCUT2D eigenvalue weighted by Crippen LogP contribution is -2.07. The number of hydrogen-bond donors (Lipinski definition) is 0. The highest BCUT2D eigenvalue weighted by Crippen LogP contribution is 2.16. The Bertz CT molecular complexity index is 298. The number of hydrogen-bond acceptors (Lipinski definition) is 0. The molecule has 0 aliphatic carbocycles. The Morgan fingerprint density at radius 2 is 1.71 bits per heavy atom. The lowest BCUT2D eigenvalue weighted by Gasteiger charge is -2.10. The van der Waals surface area contributed by atoms with Crippen molar-refractivity contribution >= 4 is 31.9 Å². The third-order valence-corrected chi connectivity index (χ3v) is 3.78. The molecule has 0 nitrogen and oxygen atoms in total. The summed E-state index contributed by atoms with van der Waals surface area (Å²) in [5.41, 5.74) is 0.827. The fourth-order valence-corrected chi connectivity index (χ4v) is 2.68. The summed E-state index contributed by atoms with van der Waals surface area (Å²) in [4.78, 5) is 0. The smallest absolute Gasteiger partial charge is 0.159 e. The molecule has 0 spiro atoms. The predicted molar refractivity (Wildman–Crippen MR) is 61.1 cm³/mol. The van der Waals surface area contributed by atoms with Gasteiger partial charge in [0.25, 0.3) is 0 Å². The van der Waals surface area contributed by atoms with Gasteiger partial charge < -0.3 is 0 Å². The second-order valence-corrected chi connectivity index (χ2v) is 4.42. The molecule has 14 heavy (non-hydrogen) atoms. The van der Waals surface area contributed by atoms with Crippen LogP contribution in [0, 0.1) is 17.6 Å². The Kier molecular flexibility index (Phi) is 5.02. The Morgan fingerprint density at radius 1 is 1.07 bits per heavy atom. The van der Waals surface area contributed by atoms with Gasteiger partial charge in [-0.15, -0.1) is 0 Å². The topological polar surface area (TPSA) is 0 Å². The van der Waals surface area contributed by atoms with Crippen molar-refractivity contribution in [3.8, 4) is 0 Å². The Morgan fingerprint density at radius 3 is 2.21 bits per heavy atom. The largest absolute Gasteiger partial charge is 0.204 e. The van der Waals surface area contributed by atoms with Crippen LogP contribution in [0.4, 0.5) is 8.78 Å². The zero-order valence-electron chi connectivity index (χ0n) is 7.44. The zero-order valence-corrected chi connectivity index (χ0v) is 10.6. The van der Waals surface area contributed by atoms with Crippen molar-refractivity contribution in [2.75, 3.05) is 10.7 Å². The van der Waals surface area contributed by atoms with Gasteiger partial charge >= 0.3 is 0 Å². The standard InChI is InChI=1S/C10H10Br2F2/c11-5-8(6-12)3-7-1-2-9(13)10(14)4-7/h1-2,4,8H,3,5-6H2. The van der Waals surface area contributed by atoms with E-state index in [2.05, 4.69) is 31.9 Å². The first kappa shape index (κ1) is 12.1. The van der Waals surface area contributed by atoms with E-state index in [0.717, 1.165) is 22.6 Å². The quantitative estimate of drug-likeness (QED) is 0.735. The predicted octanol–water partition coefficient (Wildman–Crippen LogP) is 3.91. The van der Waals surface area contributed by atoms with Crippen molar-refractivity contribution in [3.63, 3.8) is 0 Å². The maximum Gasteiger partial charge on any atom is 0.159 e. The molecule has 0 fully saturated rings. The van der Waals surface area contributed by atoms with Crippen LogP contribution in [0.1, 0.15) is 5.56 Å². The van der Waals surface area contributed by atoms with E-state index in [-0.39, 0.29) is 0 Å². The van der Waals surface area contributed by atoms with E-state index in [9.17, 15) is 8.78 Å². The van der Waals surface area contributed by atoms with Gasteiger partial charge in [-0.05, 0) is 30.0 Å². The molecular weight excluding hydrogens is 318 g/mol. The Hall–Kier alpha value is 0.0400. The first-order valence-corrected chi connectivity index (χ1v) is 6.47. The van der Waals surface area contributed by atoms with Crippen LogP contribution in [0.3, 0.4) is 0 Å². The summed E-state index contributed by atoms with van der Waals surface area (Å²) in [7, 11) is 0. The minimum atomic E-state index is -0.789. The maximum atomic E-state index is 12.8. The summed E-state index contributed by atoms with van der Waals surface area (Å²) in [6.45, 7) is 0. The van der Waals surface area contributed by atoms with Crippen LogP contribution in [0.25, 0.3) is 0 Å². The van der Waals surface area contributed by atoms with Crippen molar-refractivity contribution in [1.82, 2.24) is 0 Å². The maximum absolute atomic E-state index is 12.8. The van der Waals surface area contributed by atoms with Gasteiger partial charge in [-0.2, -0.15) is 0 Å². The Labute approximate surface area is 99.0 Å². The van der Waals surface area contributed by atoms with Crippen molar-refractivity contribution in [2.45, 2.75) is 6.42 Å². The molecule has 0 saturated carbocycles. The summed E-state index contributed by atoms with van der Waals surface area (Å²) in [6.07, 6.45) is 0.744. The van der Waals surface area contributed by atoms with Gasteiger partial charge in [0.2, 0.25) is 0 Å². The summed E-state index contributed by atoms with van der Waals surface area (Å²) >= 11 is 6.74. The molecule has 0 atom stereocenters. The highest BCUT2D eigenvalue weighted by Gasteiger charge is 2.08. The number of benzene rings is 1. The van der Waals surface area contributed by atoms with E-state index in [1.807, 2.05) is 0 Å². The van der Waals surface area contributed by atoms with Crippen molar-refractivity contribution < 1.29 is 8.78 Å². The van der Waals surface area contributed by atoms with Gasteiger partial charge in [0.05, 0.1) is 0 Å². The SMILES string of the molecule is Fc1ccc(CC(CBr)CBr)cc1F. The molecule has 0 radical (unpaired) electrons. The van der Waals surface area contributed by atoms with Gasteiger partial charge in [-0.1, -0.05) is 37.9 Å². The fraction of sp³-hybridized carbons (Fsp3) is 0.400. The molecule has 4 heteroatoms. The highest BCUT2D eigenvalue weighted by molar-refractivity contribution is 9.09. The van der Waals surface area contributed by atoms with Crippen LogP contribution in [0.5, 0.6) is 0 Å². The minimum Gasteiger partial charge on any atom is -0.204 e. The molecule has 0 bridgehead atoms. The molecule has 0 amide bonds. The molecular formula is C10H10Br2F2. The first-order valence-electron chi connectivity index (χ1n) is 4.23. The lowest BCUT2D eigenvalue weighted by molar-refractivity contribution is 0.505. The van der Waals surface area contributed by atoms with E-state index in [4.69, 9.17) is 0 Å². The Balaban J connectivity index is 2.72. The van der Waals surface area contributed by atoms with Crippen molar-refractivity contribution in [3.05, 3.63) is 35.4 Å². The third-order valence-electron chi connectivity index (χ3n) is 1.94. The molecule has 1 aromatic carbocycles. The number of rotatable bonds is 4. The molecule has 0 aliphatic rings. The van der Waals surface area contributed by atoms with E-state index < -0.39 is 11.6 Å². The molecule has 1 rings (SSSR count). The normalized spacial score (nSPS) is 10.9. The molecule has 78 valence electrons. The number of halogens is 4. The van der Waals surface area contributed by atoms with Gasteiger partial charge in [0.15, 0.2) is 11.6 Å². The van der Waals surface area contributed by atoms with Crippen LogP contribution in [0.2, 0.25) is 0 Å². The van der Waals surface area contributed by atoms with E-state index in [1.54, 1.807) is 6.07 Å². The summed E-state index contributed by atoms with van der Waals surface area (Å²) in [5.74, 6) is -1.16. The average molecular weight is 328 g/mol. The summed E-state index contributed by atoms with van der Waals surface area (Å²) in [6, 6.07) is 4.05. The van der Waals surface area contributed by atoms with Gasteiger partial charge in [0.1, 0.15) is 0 Å². The van der Waals surface area contributed by atoms with Crippen molar-refractivity contribution in [1.29, 1.82) is 0 Å². The van der Waals surface area contributed by atoms with Crippen LogP contribution < -0.4 is 0 Å². The molecule has 1 aromatic rings. The lowest BCUT2D eigenvalue weighted by atomic mass is 10.0. The fourth-order valence-electron chi connectivity index (χ4n) is 1.15. The molecule has 0 saturated heterocycles. The second kappa shape index (κ2) is 5.81. The average Bonchev–Trinajstić information content (AvgIpc) is 2.19. The van der Waals surface area contributed by atoms with Crippen molar-refractivity contribution in [2.24, 2.45) is 5.92 Å². The summed E-state index contributed by atoms with van der Waals surface area (Å²) < 4.78 is 25.4. The van der Waals surface area contributed by atoms with E-state index >= 15 is 0 Å². The molecule has 0 N–H and O–H groups in total. The van der Waals surface area contributed by atoms with Crippen LogP contribution in [-0.2, 0) is 6.42 Å². The minimum absolute atomic E-state index is 0.403. The van der Waals surface area contributed by atoms with E-state index in [1.165, 1.54) is 12.1 Å². The highest BCUT2D eigenvalue weighted by atomic mass is 79.9. The second-order valence-electron chi connectivity index (χ2n) is 3.13. The van der Waals surface area contributed by atoms with Crippen LogP contribution in [-0.4, -0.2) is 10.7 Å².